The zero-order valence-electron chi connectivity index (χ0n) is 9.85. The van der Waals surface area contributed by atoms with Crippen LogP contribution in [0.25, 0.3) is 0 Å². The maximum Gasteiger partial charge on any atom is -0.0233 e. The summed E-state index contributed by atoms with van der Waals surface area (Å²) < 4.78 is 0. The lowest BCUT2D eigenvalue weighted by Crippen LogP contribution is -1.92. The van der Waals surface area contributed by atoms with Gasteiger partial charge in [-0.25, -0.2) is 0 Å². The Morgan fingerprint density at radius 2 is 1.62 bits per heavy atom. The first-order chi connectivity index (χ1) is 6.13. The van der Waals surface area contributed by atoms with Crippen molar-refractivity contribution < 1.29 is 0 Å². The highest BCUT2D eigenvalue weighted by Gasteiger charge is 1.98. The first-order valence-corrected chi connectivity index (χ1v) is 5.49. The van der Waals surface area contributed by atoms with Crippen molar-refractivity contribution in [1.82, 2.24) is 0 Å². The maximum atomic E-state index is 2.40. The molecule has 13 heavy (non-hydrogen) atoms. The van der Waals surface area contributed by atoms with Gasteiger partial charge >= 0.3 is 0 Å². The molecule has 0 amide bonds. The lowest BCUT2D eigenvalue weighted by atomic mass is 9.99. The Morgan fingerprint density at radius 3 is 2.00 bits per heavy atom. The Bertz CT molecular complexity index is 180. The third-order valence-corrected chi connectivity index (χ3v) is 2.58. The lowest BCUT2D eigenvalue weighted by molar-refractivity contribution is 0.603. The topological polar surface area (TPSA) is 0 Å². The molecule has 0 bridgehead atoms. The largest absolute Gasteiger partial charge is 0.0785 e. The first kappa shape index (κ1) is 12.5. The zero-order valence-corrected chi connectivity index (χ0v) is 9.85. The summed E-state index contributed by atoms with van der Waals surface area (Å²) >= 11 is 0. The van der Waals surface area contributed by atoms with Crippen LogP contribution in [-0.2, 0) is 0 Å². The van der Waals surface area contributed by atoms with Crippen LogP contribution in [0.4, 0.5) is 0 Å². The molecule has 0 rings (SSSR count). The van der Waals surface area contributed by atoms with Crippen LogP contribution in [-0.4, -0.2) is 0 Å². The molecule has 0 aromatic rings. The van der Waals surface area contributed by atoms with Crippen LogP contribution in [0.15, 0.2) is 23.3 Å². The standard InChI is InChI=1S/C13H24/c1-6-11(4)9-12(5)10-13(7-2)8-3/h9-10,13H,6-8H2,1-5H3/b11-9-,12-10-. The second kappa shape index (κ2) is 6.94. The molecule has 0 aromatic carbocycles. The van der Waals surface area contributed by atoms with Crippen LogP contribution in [0.3, 0.4) is 0 Å². The molecule has 0 nitrogen and oxygen atoms in total. The van der Waals surface area contributed by atoms with Crippen LogP contribution in [0, 0.1) is 5.92 Å². The van der Waals surface area contributed by atoms with Gasteiger partial charge in [0.25, 0.3) is 0 Å². The Hall–Kier alpha value is -0.520. The van der Waals surface area contributed by atoms with E-state index in [0.717, 1.165) is 12.3 Å². The molecule has 0 aromatic heterocycles. The molecule has 0 aliphatic heterocycles. The van der Waals surface area contributed by atoms with E-state index in [4.69, 9.17) is 0 Å². The predicted octanol–water partition coefficient (Wildman–Crippen LogP) is 4.73. The van der Waals surface area contributed by atoms with Crippen LogP contribution < -0.4 is 0 Å². The maximum absolute atomic E-state index is 2.40. The highest BCUT2D eigenvalue weighted by Crippen LogP contribution is 2.14. The third-order valence-electron chi connectivity index (χ3n) is 2.58. The Balaban J connectivity index is 4.30. The summed E-state index contributed by atoms with van der Waals surface area (Å²) in [6.07, 6.45) is 8.38. The second-order valence-corrected chi connectivity index (χ2v) is 3.83. The summed E-state index contributed by atoms with van der Waals surface area (Å²) in [6.45, 7) is 11.1. The van der Waals surface area contributed by atoms with Crippen LogP contribution in [0.5, 0.6) is 0 Å². The van der Waals surface area contributed by atoms with E-state index in [9.17, 15) is 0 Å². The van der Waals surface area contributed by atoms with Crippen molar-refractivity contribution >= 4 is 0 Å². The van der Waals surface area contributed by atoms with Gasteiger partial charge in [-0.2, -0.15) is 0 Å². The Kier molecular flexibility index (Phi) is 6.66. The summed E-state index contributed by atoms with van der Waals surface area (Å²) in [7, 11) is 0. The van der Waals surface area contributed by atoms with E-state index < -0.39 is 0 Å². The summed E-state index contributed by atoms with van der Waals surface area (Å²) in [6, 6.07) is 0. The van der Waals surface area contributed by atoms with Crippen molar-refractivity contribution in [2.24, 2.45) is 5.92 Å². The Morgan fingerprint density at radius 1 is 1.08 bits per heavy atom. The predicted molar refractivity (Wildman–Crippen MR) is 61.9 cm³/mol. The Labute approximate surface area is 83.7 Å². The molecule has 0 aliphatic carbocycles. The van der Waals surface area contributed by atoms with Crippen molar-refractivity contribution in [3.05, 3.63) is 23.3 Å². The van der Waals surface area contributed by atoms with Gasteiger partial charge in [-0.3, -0.25) is 0 Å². The van der Waals surface area contributed by atoms with Gasteiger partial charge in [0.1, 0.15) is 0 Å². The van der Waals surface area contributed by atoms with Crippen molar-refractivity contribution in [2.45, 2.75) is 53.9 Å². The van der Waals surface area contributed by atoms with Crippen LogP contribution in [0.1, 0.15) is 53.9 Å². The van der Waals surface area contributed by atoms with Crippen molar-refractivity contribution in [2.75, 3.05) is 0 Å². The minimum absolute atomic E-state index is 0.765. The molecule has 0 atom stereocenters. The van der Waals surface area contributed by atoms with E-state index in [0.29, 0.717) is 0 Å². The highest BCUT2D eigenvalue weighted by molar-refractivity contribution is 5.21. The van der Waals surface area contributed by atoms with E-state index in [1.807, 2.05) is 0 Å². The van der Waals surface area contributed by atoms with E-state index in [-0.39, 0.29) is 0 Å². The van der Waals surface area contributed by atoms with Crippen molar-refractivity contribution in [3.63, 3.8) is 0 Å². The van der Waals surface area contributed by atoms with E-state index >= 15 is 0 Å². The fraction of sp³-hybridized carbons (Fsp3) is 0.692. The van der Waals surface area contributed by atoms with Crippen LogP contribution in [0.2, 0.25) is 0 Å². The van der Waals surface area contributed by atoms with E-state index in [2.05, 4.69) is 46.8 Å². The molecule has 0 saturated heterocycles. The molecule has 0 heterocycles. The summed E-state index contributed by atoms with van der Waals surface area (Å²) in [5.41, 5.74) is 2.90. The lowest BCUT2D eigenvalue weighted by Gasteiger charge is -2.07. The van der Waals surface area contributed by atoms with Gasteiger partial charge in [0, 0.05) is 0 Å². The number of rotatable bonds is 5. The van der Waals surface area contributed by atoms with Gasteiger partial charge in [-0.1, -0.05) is 44.1 Å². The van der Waals surface area contributed by atoms with Gasteiger partial charge in [-0.05, 0) is 39.0 Å². The minimum atomic E-state index is 0.765. The normalized spacial score (nSPS) is 14.0. The molecule has 0 N–H and O–H groups in total. The van der Waals surface area contributed by atoms with Crippen molar-refractivity contribution in [3.8, 4) is 0 Å². The molecular formula is C13H24. The van der Waals surface area contributed by atoms with Gasteiger partial charge in [-0.15, -0.1) is 0 Å². The highest BCUT2D eigenvalue weighted by atomic mass is 14.0. The van der Waals surface area contributed by atoms with Crippen molar-refractivity contribution in [1.29, 1.82) is 0 Å². The van der Waals surface area contributed by atoms with E-state index in [1.54, 1.807) is 0 Å². The summed E-state index contributed by atoms with van der Waals surface area (Å²) in [5.74, 6) is 0.765. The third kappa shape index (κ3) is 5.68. The smallest absolute Gasteiger partial charge is 0.0233 e. The number of hydrogen-bond donors (Lipinski definition) is 0. The van der Waals surface area contributed by atoms with Gasteiger partial charge < -0.3 is 0 Å². The first-order valence-electron chi connectivity index (χ1n) is 5.49. The molecule has 0 saturated carbocycles. The second-order valence-electron chi connectivity index (χ2n) is 3.83. The van der Waals surface area contributed by atoms with Gasteiger partial charge in [0.15, 0.2) is 0 Å². The molecule has 0 radical (unpaired) electrons. The quantitative estimate of drug-likeness (QED) is 0.537. The molecule has 76 valence electrons. The monoisotopic (exact) mass is 180 g/mol. The average Bonchev–Trinajstić information content (AvgIpc) is 2.13. The molecule has 0 unspecified atom stereocenters. The van der Waals surface area contributed by atoms with Gasteiger partial charge in [0.2, 0.25) is 0 Å². The van der Waals surface area contributed by atoms with Gasteiger partial charge in [0.05, 0.1) is 0 Å². The average molecular weight is 180 g/mol. The fourth-order valence-corrected chi connectivity index (χ4v) is 1.43. The molecular weight excluding hydrogens is 156 g/mol. The summed E-state index contributed by atoms with van der Waals surface area (Å²) in [5, 5.41) is 0. The molecule has 0 aliphatic rings. The molecule has 0 spiro atoms. The SMILES string of the molecule is CC/C(C)=C\C(C)=C/C(CC)CC. The summed E-state index contributed by atoms with van der Waals surface area (Å²) in [4.78, 5) is 0. The number of allylic oxidation sites excluding steroid dienone is 4. The molecule has 0 fully saturated rings. The zero-order chi connectivity index (χ0) is 10.3. The fourth-order valence-electron chi connectivity index (χ4n) is 1.43. The van der Waals surface area contributed by atoms with E-state index in [1.165, 1.54) is 24.0 Å². The minimum Gasteiger partial charge on any atom is -0.0785 e. The number of hydrogen-bond acceptors (Lipinski definition) is 0. The van der Waals surface area contributed by atoms with Crippen LogP contribution >= 0.6 is 0 Å². The molecule has 0 heteroatoms.